The maximum absolute atomic E-state index is 10.7. The van der Waals surface area contributed by atoms with Crippen LogP contribution in [0.5, 0.6) is 0 Å². The first kappa shape index (κ1) is 6.65. The molecule has 0 bridgehead atoms. The monoisotopic (exact) mass is 149 g/mol. The Hall–Kier alpha value is -1.05. The summed E-state index contributed by atoms with van der Waals surface area (Å²) in [6.45, 7) is 2.23. The van der Waals surface area contributed by atoms with Gasteiger partial charge in [0.25, 0.3) is 0 Å². The number of aromatic nitrogens is 1. The van der Waals surface area contributed by atoms with Crippen molar-refractivity contribution >= 4 is 0 Å². The van der Waals surface area contributed by atoms with Crippen LogP contribution in [0.25, 0.3) is 0 Å². The minimum Gasteiger partial charge on any atom is -0.329 e. The Bertz CT molecular complexity index is 295. The molecule has 1 fully saturated rings. The second-order valence-corrected chi connectivity index (χ2v) is 3.31. The van der Waals surface area contributed by atoms with Crippen LogP contribution in [0.4, 0.5) is 0 Å². The SMILES string of the molecule is C[C@@H]1C[C@H]1c1ccc(=O)[nH]c1. The molecular formula is C9H11NO. The van der Waals surface area contributed by atoms with Crippen LogP contribution in [0.1, 0.15) is 24.8 Å². The topological polar surface area (TPSA) is 32.9 Å². The predicted molar refractivity (Wildman–Crippen MR) is 43.6 cm³/mol. The number of rotatable bonds is 1. The molecule has 11 heavy (non-hydrogen) atoms. The molecule has 2 rings (SSSR count). The number of nitrogens with one attached hydrogen (secondary N) is 1. The fourth-order valence-electron chi connectivity index (χ4n) is 1.44. The molecule has 0 radical (unpaired) electrons. The van der Waals surface area contributed by atoms with Gasteiger partial charge in [0.05, 0.1) is 0 Å². The van der Waals surface area contributed by atoms with E-state index in [-0.39, 0.29) is 5.56 Å². The zero-order chi connectivity index (χ0) is 7.84. The standard InChI is InChI=1S/C9H11NO/c1-6-4-8(6)7-2-3-9(11)10-5-7/h2-3,5-6,8H,4H2,1H3,(H,10,11)/t6-,8-/m1/s1. The molecule has 1 heterocycles. The lowest BCUT2D eigenvalue weighted by atomic mass is 10.2. The molecule has 0 aromatic carbocycles. The van der Waals surface area contributed by atoms with E-state index in [1.54, 1.807) is 6.07 Å². The summed E-state index contributed by atoms with van der Waals surface area (Å²) >= 11 is 0. The van der Waals surface area contributed by atoms with Gasteiger partial charge in [0.1, 0.15) is 0 Å². The van der Waals surface area contributed by atoms with Gasteiger partial charge in [-0.15, -0.1) is 0 Å². The lowest BCUT2D eigenvalue weighted by Crippen LogP contribution is -2.02. The van der Waals surface area contributed by atoms with Crippen molar-refractivity contribution in [3.05, 3.63) is 34.2 Å². The quantitative estimate of drug-likeness (QED) is 0.644. The van der Waals surface area contributed by atoms with E-state index in [2.05, 4.69) is 11.9 Å². The molecule has 0 saturated heterocycles. The van der Waals surface area contributed by atoms with Crippen molar-refractivity contribution in [2.45, 2.75) is 19.3 Å². The van der Waals surface area contributed by atoms with Crippen molar-refractivity contribution in [2.75, 3.05) is 0 Å². The van der Waals surface area contributed by atoms with E-state index in [0.29, 0.717) is 5.92 Å². The molecule has 1 N–H and O–H groups in total. The molecule has 1 aromatic heterocycles. The van der Waals surface area contributed by atoms with Gasteiger partial charge in [-0.2, -0.15) is 0 Å². The molecule has 0 aliphatic heterocycles. The molecule has 2 heteroatoms. The Labute approximate surface area is 65.3 Å². The second kappa shape index (κ2) is 2.22. The van der Waals surface area contributed by atoms with Gasteiger partial charge in [-0.05, 0) is 23.8 Å². The van der Waals surface area contributed by atoms with Crippen LogP contribution in [0.15, 0.2) is 23.1 Å². The average molecular weight is 149 g/mol. The summed E-state index contributed by atoms with van der Waals surface area (Å²) in [4.78, 5) is 13.4. The zero-order valence-electron chi connectivity index (χ0n) is 6.50. The normalized spacial score (nSPS) is 28.5. The van der Waals surface area contributed by atoms with Crippen LogP contribution in [-0.2, 0) is 0 Å². The van der Waals surface area contributed by atoms with Crippen molar-refractivity contribution in [2.24, 2.45) is 5.92 Å². The minimum absolute atomic E-state index is 0.0120. The van der Waals surface area contributed by atoms with E-state index in [4.69, 9.17) is 0 Å². The zero-order valence-corrected chi connectivity index (χ0v) is 6.50. The molecule has 0 unspecified atom stereocenters. The highest BCUT2D eigenvalue weighted by Crippen LogP contribution is 2.46. The number of H-pyrrole nitrogens is 1. The van der Waals surface area contributed by atoms with E-state index in [1.165, 1.54) is 12.0 Å². The molecule has 0 spiro atoms. The van der Waals surface area contributed by atoms with E-state index < -0.39 is 0 Å². The van der Waals surface area contributed by atoms with Crippen LogP contribution >= 0.6 is 0 Å². The molecule has 0 amide bonds. The minimum atomic E-state index is -0.0120. The summed E-state index contributed by atoms with van der Waals surface area (Å²) < 4.78 is 0. The van der Waals surface area contributed by atoms with Gasteiger partial charge in [-0.3, -0.25) is 4.79 Å². The Morgan fingerprint density at radius 1 is 1.55 bits per heavy atom. The molecule has 1 aliphatic carbocycles. The fraction of sp³-hybridized carbons (Fsp3) is 0.444. The summed E-state index contributed by atoms with van der Waals surface area (Å²) in [6, 6.07) is 3.52. The summed E-state index contributed by atoms with van der Waals surface area (Å²) in [5.41, 5.74) is 1.26. The molecular weight excluding hydrogens is 138 g/mol. The van der Waals surface area contributed by atoms with E-state index in [9.17, 15) is 4.79 Å². The Morgan fingerprint density at radius 3 is 2.73 bits per heavy atom. The molecule has 2 nitrogen and oxygen atoms in total. The Morgan fingerprint density at radius 2 is 2.27 bits per heavy atom. The van der Waals surface area contributed by atoms with Gasteiger partial charge in [-0.1, -0.05) is 13.0 Å². The summed E-state index contributed by atoms with van der Waals surface area (Å²) in [7, 11) is 0. The third-order valence-electron chi connectivity index (χ3n) is 2.35. The number of aromatic amines is 1. The number of pyridine rings is 1. The molecule has 2 atom stereocenters. The highest BCUT2D eigenvalue weighted by Gasteiger charge is 2.33. The smallest absolute Gasteiger partial charge is 0.247 e. The third kappa shape index (κ3) is 1.20. The second-order valence-electron chi connectivity index (χ2n) is 3.31. The summed E-state index contributed by atoms with van der Waals surface area (Å²) in [6.07, 6.45) is 3.10. The molecule has 1 aliphatic rings. The van der Waals surface area contributed by atoms with Crippen molar-refractivity contribution in [3.8, 4) is 0 Å². The lowest BCUT2D eigenvalue weighted by Gasteiger charge is -1.94. The maximum Gasteiger partial charge on any atom is 0.247 e. The van der Waals surface area contributed by atoms with Crippen molar-refractivity contribution < 1.29 is 0 Å². The molecule has 58 valence electrons. The average Bonchev–Trinajstić information content (AvgIpc) is 2.69. The first-order valence-corrected chi connectivity index (χ1v) is 3.96. The third-order valence-corrected chi connectivity index (χ3v) is 2.35. The Balaban J connectivity index is 2.27. The molecule has 1 saturated carbocycles. The Kier molecular flexibility index (Phi) is 1.34. The van der Waals surface area contributed by atoms with Crippen molar-refractivity contribution in [1.29, 1.82) is 0 Å². The van der Waals surface area contributed by atoms with Crippen LogP contribution in [-0.4, -0.2) is 4.98 Å². The fourth-order valence-corrected chi connectivity index (χ4v) is 1.44. The number of hydrogen-bond donors (Lipinski definition) is 1. The largest absolute Gasteiger partial charge is 0.329 e. The van der Waals surface area contributed by atoms with E-state index >= 15 is 0 Å². The highest BCUT2D eigenvalue weighted by molar-refractivity contribution is 5.21. The first-order chi connectivity index (χ1) is 5.27. The van der Waals surface area contributed by atoms with E-state index in [0.717, 1.165) is 5.92 Å². The predicted octanol–water partition coefficient (Wildman–Crippen LogP) is 1.50. The highest BCUT2D eigenvalue weighted by atomic mass is 16.1. The van der Waals surface area contributed by atoms with Gasteiger partial charge in [0, 0.05) is 12.3 Å². The summed E-state index contributed by atoms with van der Waals surface area (Å²) in [5, 5.41) is 0. The van der Waals surface area contributed by atoms with Crippen LogP contribution in [0.2, 0.25) is 0 Å². The van der Waals surface area contributed by atoms with Crippen molar-refractivity contribution in [3.63, 3.8) is 0 Å². The number of hydrogen-bond acceptors (Lipinski definition) is 1. The van der Waals surface area contributed by atoms with Gasteiger partial charge in [-0.25, -0.2) is 0 Å². The van der Waals surface area contributed by atoms with Crippen LogP contribution < -0.4 is 5.56 Å². The van der Waals surface area contributed by atoms with Gasteiger partial charge < -0.3 is 4.98 Å². The maximum atomic E-state index is 10.7. The van der Waals surface area contributed by atoms with Gasteiger partial charge in [0.15, 0.2) is 0 Å². The van der Waals surface area contributed by atoms with Crippen LogP contribution in [0.3, 0.4) is 0 Å². The van der Waals surface area contributed by atoms with Gasteiger partial charge in [0.2, 0.25) is 5.56 Å². The van der Waals surface area contributed by atoms with Gasteiger partial charge >= 0.3 is 0 Å². The molecule has 1 aromatic rings. The van der Waals surface area contributed by atoms with Crippen molar-refractivity contribution in [1.82, 2.24) is 4.98 Å². The van der Waals surface area contributed by atoms with E-state index in [1.807, 2.05) is 12.3 Å². The van der Waals surface area contributed by atoms with Crippen LogP contribution in [0, 0.1) is 5.92 Å². The summed E-state index contributed by atoms with van der Waals surface area (Å²) in [5.74, 6) is 1.51. The first-order valence-electron chi connectivity index (χ1n) is 3.96. The lowest BCUT2D eigenvalue weighted by molar-refractivity contribution is 0.907.